The number of carbonyl (C=O) groups excluding carboxylic acids is 1. The first-order chi connectivity index (χ1) is 15.4. The van der Waals surface area contributed by atoms with Crippen LogP contribution in [0.5, 0.6) is 0 Å². The highest BCUT2D eigenvalue weighted by molar-refractivity contribution is 6.04. The molecule has 0 spiro atoms. The molecular weight excluding hydrogens is 419 g/mol. The number of hydrogen-bond acceptors (Lipinski definition) is 4. The van der Waals surface area contributed by atoms with Crippen molar-refractivity contribution in [2.45, 2.75) is 43.9 Å². The Bertz CT molecular complexity index is 921. The lowest BCUT2D eigenvalue weighted by molar-refractivity contribution is -0.137. The Morgan fingerprint density at radius 3 is 2.34 bits per heavy atom. The SMILES string of the molecule is O=C(Nc1cccc(N2CCC(NC3CCOCC3)CC2)c1)c1cccc(C(F)(F)F)c1. The number of alkyl halides is 3. The number of carbonyl (C=O) groups is 1. The van der Waals surface area contributed by atoms with Crippen LogP contribution in [-0.4, -0.2) is 44.3 Å². The molecule has 2 saturated heterocycles. The Morgan fingerprint density at radius 1 is 0.938 bits per heavy atom. The molecule has 0 aromatic heterocycles. The fourth-order valence-electron chi connectivity index (χ4n) is 4.32. The maximum absolute atomic E-state index is 12.9. The van der Waals surface area contributed by atoms with Crippen molar-refractivity contribution >= 4 is 17.3 Å². The molecule has 1 amide bonds. The molecule has 0 aliphatic carbocycles. The van der Waals surface area contributed by atoms with E-state index in [0.717, 1.165) is 69.8 Å². The summed E-state index contributed by atoms with van der Waals surface area (Å²) in [6.45, 7) is 3.48. The van der Waals surface area contributed by atoms with E-state index in [4.69, 9.17) is 4.74 Å². The van der Waals surface area contributed by atoms with Gasteiger partial charge in [0.1, 0.15) is 0 Å². The standard InChI is InChI=1S/C24H28F3N3O2/c25-24(26,27)18-4-1-3-17(15-18)23(31)29-21-5-2-6-22(16-21)30-11-7-19(8-12-30)28-20-9-13-32-14-10-20/h1-6,15-16,19-20,28H,7-14H2,(H,29,31). The smallest absolute Gasteiger partial charge is 0.381 e. The zero-order valence-corrected chi connectivity index (χ0v) is 17.8. The molecule has 0 saturated carbocycles. The number of rotatable bonds is 5. The van der Waals surface area contributed by atoms with Crippen LogP contribution in [-0.2, 0) is 10.9 Å². The van der Waals surface area contributed by atoms with E-state index in [9.17, 15) is 18.0 Å². The summed E-state index contributed by atoms with van der Waals surface area (Å²) in [5.41, 5.74) is 0.699. The molecule has 5 nitrogen and oxygen atoms in total. The molecule has 8 heteroatoms. The van der Waals surface area contributed by atoms with Crippen molar-refractivity contribution in [2.75, 3.05) is 36.5 Å². The number of nitrogens with zero attached hydrogens (tertiary/aromatic N) is 1. The lowest BCUT2D eigenvalue weighted by atomic mass is 10.0. The molecule has 2 heterocycles. The summed E-state index contributed by atoms with van der Waals surface area (Å²) in [4.78, 5) is 14.8. The average molecular weight is 448 g/mol. The van der Waals surface area contributed by atoms with Crippen LogP contribution in [0.15, 0.2) is 48.5 Å². The third kappa shape index (κ3) is 5.81. The summed E-state index contributed by atoms with van der Waals surface area (Å²) in [5.74, 6) is -0.562. The third-order valence-electron chi connectivity index (χ3n) is 6.11. The minimum absolute atomic E-state index is 0.0229. The normalized spacial score (nSPS) is 18.5. The Hall–Kier alpha value is -2.58. The van der Waals surface area contributed by atoms with E-state index in [1.807, 2.05) is 18.2 Å². The van der Waals surface area contributed by atoms with Gasteiger partial charge >= 0.3 is 6.18 Å². The summed E-state index contributed by atoms with van der Waals surface area (Å²) in [6.07, 6.45) is -0.278. The molecular formula is C24H28F3N3O2. The van der Waals surface area contributed by atoms with Crippen molar-refractivity contribution in [1.29, 1.82) is 0 Å². The van der Waals surface area contributed by atoms with Crippen molar-refractivity contribution in [2.24, 2.45) is 0 Å². The molecule has 0 unspecified atom stereocenters. The van der Waals surface area contributed by atoms with Crippen LogP contribution in [0.2, 0.25) is 0 Å². The number of benzene rings is 2. The number of anilines is 2. The fraction of sp³-hybridized carbons (Fsp3) is 0.458. The number of amides is 1. The van der Waals surface area contributed by atoms with Crippen LogP contribution in [0.25, 0.3) is 0 Å². The van der Waals surface area contributed by atoms with Crippen LogP contribution < -0.4 is 15.5 Å². The summed E-state index contributed by atoms with van der Waals surface area (Å²) >= 11 is 0. The van der Waals surface area contributed by atoms with Crippen molar-refractivity contribution in [3.8, 4) is 0 Å². The molecule has 172 valence electrons. The van der Waals surface area contributed by atoms with Gasteiger partial charge in [-0.1, -0.05) is 12.1 Å². The highest BCUT2D eigenvalue weighted by Crippen LogP contribution is 2.30. The molecule has 2 aliphatic heterocycles. The maximum atomic E-state index is 12.9. The summed E-state index contributed by atoms with van der Waals surface area (Å²) in [7, 11) is 0. The zero-order chi connectivity index (χ0) is 22.6. The largest absolute Gasteiger partial charge is 0.416 e. The minimum Gasteiger partial charge on any atom is -0.381 e. The number of piperidine rings is 1. The van der Waals surface area contributed by atoms with E-state index < -0.39 is 17.6 Å². The average Bonchev–Trinajstić information content (AvgIpc) is 2.80. The van der Waals surface area contributed by atoms with E-state index in [0.29, 0.717) is 17.8 Å². The molecule has 2 N–H and O–H groups in total. The molecule has 2 aromatic rings. The molecule has 32 heavy (non-hydrogen) atoms. The van der Waals surface area contributed by atoms with Crippen molar-refractivity contribution < 1.29 is 22.7 Å². The van der Waals surface area contributed by atoms with Crippen LogP contribution in [0, 0.1) is 0 Å². The second-order valence-electron chi connectivity index (χ2n) is 8.40. The van der Waals surface area contributed by atoms with Gasteiger partial charge in [-0.25, -0.2) is 0 Å². The van der Waals surface area contributed by atoms with Gasteiger partial charge in [0.2, 0.25) is 0 Å². The van der Waals surface area contributed by atoms with E-state index in [-0.39, 0.29) is 5.56 Å². The molecule has 0 atom stereocenters. The molecule has 4 rings (SSSR count). The van der Waals surface area contributed by atoms with Gasteiger partial charge in [0.25, 0.3) is 5.91 Å². The lowest BCUT2D eigenvalue weighted by Crippen LogP contribution is -2.47. The van der Waals surface area contributed by atoms with Gasteiger partial charge in [0.05, 0.1) is 5.56 Å². The molecule has 2 fully saturated rings. The highest BCUT2D eigenvalue weighted by Gasteiger charge is 2.31. The van der Waals surface area contributed by atoms with E-state index >= 15 is 0 Å². The second-order valence-corrected chi connectivity index (χ2v) is 8.40. The van der Waals surface area contributed by atoms with Crippen LogP contribution >= 0.6 is 0 Å². The molecule has 0 bridgehead atoms. The van der Waals surface area contributed by atoms with E-state index in [1.54, 1.807) is 6.07 Å². The van der Waals surface area contributed by atoms with Gasteiger partial charge in [-0.05, 0) is 62.1 Å². The minimum atomic E-state index is -4.48. The quantitative estimate of drug-likeness (QED) is 0.698. The fourth-order valence-corrected chi connectivity index (χ4v) is 4.32. The van der Waals surface area contributed by atoms with E-state index in [1.165, 1.54) is 12.1 Å². The third-order valence-corrected chi connectivity index (χ3v) is 6.11. The molecule has 2 aromatic carbocycles. The predicted octanol–water partition coefficient (Wildman–Crippen LogP) is 4.70. The summed E-state index contributed by atoms with van der Waals surface area (Å²) < 4.78 is 44.2. The van der Waals surface area contributed by atoms with Crippen LogP contribution in [0.1, 0.15) is 41.6 Å². The van der Waals surface area contributed by atoms with Crippen molar-refractivity contribution in [3.63, 3.8) is 0 Å². The summed E-state index contributed by atoms with van der Waals surface area (Å²) in [5, 5.41) is 6.48. The first kappa shape index (κ1) is 22.6. The first-order valence-electron chi connectivity index (χ1n) is 11.1. The van der Waals surface area contributed by atoms with Gasteiger partial charge in [0, 0.05) is 55.3 Å². The van der Waals surface area contributed by atoms with Gasteiger partial charge in [-0.3, -0.25) is 4.79 Å². The van der Waals surface area contributed by atoms with Crippen molar-refractivity contribution in [3.05, 3.63) is 59.7 Å². The summed E-state index contributed by atoms with van der Waals surface area (Å²) in [6, 6.07) is 12.9. The van der Waals surface area contributed by atoms with Crippen molar-refractivity contribution in [1.82, 2.24) is 5.32 Å². The number of ether oxygens (including phenoxy) is 1. The Morgan fingerprint density at radius 2 is 1.62 bits per heavy atom. The predicted molar refractivity (Wildman–Crippen MR) is 118 cm³/mol. The lowest BCUT2D eigenvalue weighted by Gasteiger charge is -2.36. The number of halogens is 3. The van der Waals surface area contributed by atoms with Crippen LogP contribution in [0.4, 0.5) is 24.5 Å². The Balaban J connectivity index is 1.34. The molecule has 2 aliphatic rings. The van der Waals surface area contributed by atoms with Gasteiger partial charge in [0.15, 0.2) is 0 Å². The van der Waals surface area contributed by atoms with Gasteiger partial charge < -0.3 is 20.3 Å². The highest BCUT2D eigenvalue weighted by atomic mass is 19.4. The second kappa shape index (κ2) is 9.92. The van der Waals surface area contributed by atoms with Gasteiger partial charge in [-0.15, -0.1) is 0 Å². The van der Waals surface area contributed by atoms with E-state index in [2.05, 4.69) is 15.5 Å². The monoisotopic (exact) mass is 447 g/mol. The van der Waals surface area contributed by atoms with Crippen LogP contribution in [0.3, 0.4) is 0 Å². The van der Waals surface area contributed by atoms with Gasteiger partial charge in [-0.2, -0.15) is 13.2 Å². The first-order valence-corrected chi connectivity index (χ1v) is 11.1. The Kier molecular flexibility index (Phi) is 7.01. The Labute approximate surface area is 185 Å². The maximum Gasteiger partial charge on any atom is 0.416 e. The number of nitrogens with one attached hydrogen (secondary N) is 2. The number of hydrogen-bond donors (Lipinski definition) is 2. The topological polar surface area (TPSA) is 53.6 Å². The zero-order valence-electron chi connectivity index (χ0n) is 17.8. The molecule has 0 radical (unpaired) electrons.